The van der Waals surface area contributed by atoms with Crippen molar-refractivity contribution >= 4 is 69.7 Å². The van der Waals surface area contributed by atoms with E-state index < -0.39 is 128 Å². The lowest BCUT2D eigenvalue weighted by atomic mass is 9.96. The van der Waals surface area contributed by atoms with Crippen molar-refractivity contribution in [3.8, 4) is 17.2 Å². The van der Waals surface area contributed by atoms with E-state index in [9.17, 15) is 43.2 Å². The van der Waals surface area contributed by atoms with E-state index in [4.69, 9.17) is 70.4 Å². The van der Waals surface area contributed by atoms with E-state index in [2.05, 4.69) is 0 Å². The minimum Gasteiger partial charge on any atom is -0.493 e. The van der Waals surface area contributed by atoms with Crippen LogP contribution in [0.25, 0.3) is 21.9 Å². The summed E-state index contributed by atoms with van der Waals surface area (Å²) in [6.45, 7) is 9.36. The number of methoxy groups -OCH3 is 1. The van der Waals surface area contributed by atoms with Crippen molar-refractivity contribution in [1.82, 2.24) is 0 Å². The van der Waals surface area contributed by atoms with Gasteiger partial charge in [0.15, 0.2) is 53.4 Å². The highest BCUT2D eigenvalue weighted by Gasteiger charge is 2.58. The van der Waals surface area contributed by atoms with E-state index in [1.807, 2.05) is 0 Å². The number of esters is 8. The van der Waals surface area contributed by atoms with Gasteiger partial charge in [0.1, 0.15) is 31.5 Å². The zero-order valence-electron chi connectivity index (χ0n) is 39.9. The molecule has 2 aromatic heterocycles. The van der Waals surface area contributed by atoms with Gasteiger partial charge in [0.2, 0.25) is 18.1 Å². The van der Waals surface area contributed by atoms with Crippen LogP contribution in [0, 0.1) is 13.8 Å². The van der Waals surface area contributed by atoms with E-state index in [0.717, 1.165) is 54.0 Å². The first-order valence-electron chi connectivity index (χ1n) is 21.7. The first kappa shape index (κ1) is 52.8. The number of furan rings is 1. The molecule has 4 heterocycles. The lowest BCUT2D eigenvalue weighted by Crippen LogP contribution is -2.67. The second kappa shape index (κ2) is 22.5. The molecule has 0 N–H and O–H groups in total. The van der Waals surface area contributed by atoms with Gasteiger partial charge in [-0.1, -0.05) is 0 Å². The molecule has 0 aliphatic carbocycles. The maximum absolute atomic E-state index is 13.9. The third-order valence-corrected chi connectivity index (χ3v) is 10.7. The quantitative estimate of drug-likeness (QED) is 0.0672. The Kier molecular flexibility index (Phi) is 16.7. The second-order valence-electron chi connectivity index (χ2n) is 16.2. The molecule has 0 unspecified atom stereocenters. The number of hydrogen-bond donors (Lipinski definition) is 0. The number of carbonyl (C=O) groups is 8. The highest BCUT2D eigenvalue weighted by molar-refractivity contribution is 6.05. The average molecular weight is 999 g/mol. The smallest absolute Gasteiger partial charge is 0.343 e. The molecule has 0 amide bonds. The topological polar surface area (TPSA) is 300 Å². The summed E-state index contributed by atoms with van der Waals surface area (Å²) in [5.74, 6) is -7.77. The Morgan fingerprint density at radius 3 is 1.62 bits per heavy atom. The maximum Gasteiger partial charge on any atom is 0.343 e. The fourth-order valence-corrected chi connectivity index (χ4v) is 7.85. The number of fused-ring (bicyclic) bond motifs is 2. The molecule has 2 fully saturated rings. The maximum atomic E-state index is 13.9. The molecule has 71 heavy (non-hydrogen) atoms. The highest BCUT2D eigenvalue weighted by atomic mass is 16.8. The van der Waals surface area contributed by atoms with Crippen molar-refractivity contribution < 1.29 is 109 Å². The van der Waals surface area contributed by atoms with E-state index in [0.29, 0.717) is 16.3 Å². The summed E-state index contributed by atoms with van der Waals surface area (Å²) < 4.78 is 86.1. The monoisotopic (exact) mass is 998 g/mol. The molecule has 10 atom stereocenters. The first-order valence-corrected chi connectivity index (χ1v) is 21.7. The third-order valence-electron chi connectivity index (χ3n) is 10.7. The number of carbonyl (C=O) groups excluding carboxylic acids is 8. The van der Waals surface area contributed by atoms with Crippen molar-refractivity contribution in [1.29, 1.82) is 0 Å². The van der Waals surface area contributed by atoms with E-state index in [1.54, 1.807) is 19.9 Å². The molecule has 24 nitrogen and oxygen atoms in total. The zero-order chi connectivity index (χ0) is 52.0. The van der Waals surface area contributed by atoms with E-state index in [1.165, 1.54) is 37.6 Å². The molecular weight excluding hydrogens is 948 g/mol. The summed E-state index contributed by atoms with van der Waals surface area (Å²) in [6, 6.07) is 6.82. The number of ether oxygens (including phenoxy) is 13. The second-order valence-corrected chi connectivity index (χ2v) is 16.2. The van der Waals surface area contributed by atoms with Crippen molar-refractivity contribution in [2.45, 2.75) is 124 Å². The Morgan fingerprint density at radius 2 is 1.06 bits per heavy atom. The lowest BCUT2D eigenvalue weighted by molar-refractivity contribution is -0.354. The van der Waals surface area contributed by atoms with Crippen LogP contribution in [-0.2, 0) is 80.9 Å². The van der Waals surface area contributed by atoms with Gasteiger partial charge in [0.25, 0.3) is 0 Å². The van der Waals surface area contributed by atoms with Crippen LogP contribution >= 0.6 is 0 Å². The number of aryl methyl sites for hydroxylation is 2. The van der Waals surface area contributed by atoms with Crippen LogP contribution in [0.1, 0.15) is 70.0 Å². The largest absolute Gasteiger partial charge is 0.493 e. The minimum atomic E-state index is -1.91. The van der Waals surface area contributed by atoms with Gasteiger partial charge in [-0.3, -0.25) is 33.6 Å². The van der Waals surface area contributed by atoms with Crippen LogP contribution in [0.2, 0.25) is 0 Å². The number of rotatable bonds is 16. The fraction of sp³-hybridized carbons (Fsp3) is 0.468. The summed E-state index contributed by atoms with van der Waals surface area (Å²) >= 11 is 0. The molecule has 2 aliphatic heterocycles. The van der Waals surface area contributed by atoms with Gasteiger partial charge < -0.3 is 70.4 Å². The molecule has 2 saturated heterocycles. The molecule has 2 aliphatic rings. The molecule has 6 rings (SSSR count). The van der Waals surface area contributed by atoms with Gasteiger partial charge in [-0.05, 0) is 49.2 Å². The molecule has 2 aromatic carbocycles. The lowest BCUT2D eigenvalue weighted by Gasteiger charge is -2.48. The van der Waals surface area contributed by atoms with Crippen molar-refractivity contribution in [3.63, 3.8) is 0 Å². The molecule has 4 aromatic rings. The van der Waals surface area contributed by atoms with E-state index in [-0.39, 0.29) is 34.0 Å². The zero-order valence-corrected chi connectivity index (χ0v) is 39.9. The minimum absolute atomic E-state index is 0.0369. The van der Waals surface area contributed by atoms with Crippen LogP contribution in [0.3, 0.4) is 0 Å². The highest BCUT2D eigenvalue weighted by Crippen LogP contribution is 2.40. The SMILES string of the molecule is COc1cc(C(=O)Oc2c3occ(C)c3cc3c(C)cc(=O)oc23)ccc1O[C@@H]1O[C@H](COC(C)=O)[C@@H](O[C@H]2O[C@H](COC(C)=O)[C@@H](OC(C)=O)[C@H](OC(C)=O)[C@H]2OC(C)=O)[C@H](OC(C)=O)[C@H]1OC(C)=O. The molecule has 0 radical (unpaired) electrons. The van der Waals surface area contributed by atoms with Crippen molar-refractivity contribution in [3.05, 3.63) is 63.7 Å². The van der Waals surface area contributed by atoms with Gasteiger partial charge in [-0.25, -0.2) is 9.59 Å². The molecule has 0 bridgehead atoms. The van der Waals surface area contributed by atoms with Crippen LogP contribution in [0.4, 0.5) is 0 Å². The molecular formula is C47H50O24. The number of hydrogen-bond acceptors (Lipinski definition) is 24. The van der Waals surface area contributed by atoms with Crippen LogP contribution < -0.4 is 19.8 Å². The molecule has 382 valence electrons. The van der Waals surface area contributed by atoms with Gasteiger partial charge >= 0.3 is 53.4 Å². The summed E-state index contributed by atoms with van der Waals surface area (Å²) in [7, 11) is 1.24. The van der Waals surface area contributed by atoms with Gasteiger partial charge in [-0.15, -0.1) is 0 Å². The Hall–Kier alpha value is -7.57. The fourth-order valence-electron chi connectivity index (χ4n) is 7.85. The standard InChI is InChI=1S/C47H50O24/c1-19-13-35(55)69-37-29(19)15-30-20(2)16-60-36(30)40(37)70-45(56)28-11-12-31(32(14-28)57-10)66-46-43(64-26(8)53)42(63-25(7)52)39(34(67-46)18-59-22(4)49)71-47-44(65-27(9)54)41(62-24(6)51)38(61-23(5)50)33(68-47)17-58-21(3)48/h11-16,33-34,38-39,41-44,46-47H,17-18H2,1-10H3/t33-,34-,38-,39-,41+,42+,43-,44-,46-,47-/m1/s1. The Balaban J connectivity index is 1.38. The van der Waals surface area contributed by atoms with Crippen LogP contribution in [0.15, 0.2) is 50.2 Å². The summed E-state index contributed by atoms with van der Waals surface area (Å²) in [6.07, 6.45) is -15.7. The third kappa shape index (κ3) is 12.6. The Morgan fingerprint density at radius 1 is 0.549 bits per heavy atom. The van der Waals surface area contributed by atoms with Gasteiger partial charge in [0, 0.05) is 65.3 Å². The first-order chi connectivity index (χ1) is 33.5. The molecule has 24 heteroatoms. The summed E-state index contributed by atoms with van der Waals surface area (Å²) in [5.41, 5.74) is 0.569. The van der Waals surface area contributed by atoms with Crippen LogP contribution in [0.5, 0.6) is 17.2 Å². The molecule has 0 saturated carbocycles. The predicted molar refractivity (Wildman–Crippen MR) is 234 cm³/mol. The van der Waals surface area contributed by atoms with Gasteiger partial charge in [0.05, 0.1) is 18.9 Å². The molecule has 0 spiro atoms. The summed E-state index contributed by atoms with van der Waals surface area (Å²) in [4.78, 5) is 114. The summed E-state index contributed by atoms with van der Waals surface area (Å²) in [5, 5.41) is 1.09. The predicted octanol–water partition coefficient (Wildman–Crippen LogP) is 3.38. The van der Waals surface area contributed by atoms with Crippen molar-refractivity contribution in [2.75, 3.05) is 20.3 Å². The Labute approximate surface area is 402 Å². The Bertz CT molecular complexity index is 2770. The van der Waals surface area contributed by atoms with Gasteiger partial charge in [-0.2, -0.15) is 0 Å². The average Bonchev–Trinajstić information content (AvgIpc) is 3.65. The number of benzene rings is 2. The van der Waals surface area contributed by atoms with Crippen molar-refractivity contribution in [2.24, 2.45) is 0 Å². The van der Waals surface area contributed by atoms with E-state index >= 15 is 0 Å². The normalized spacial score (nSPS) is 23.9. The van der Waals surface area contributed by atoms with Crippen LogP contribution in [-0.4, -0.2) is 129 Å².